The molecule has 6 heteroatoms. The second kappa shape index (κ2) is 8.03. The summed E-state index contributed by atoms with van der Waals surface area (Å²) in [7, 11) is 0. The van der Waals surface area contributed by atoms with Crippen molar-refractivity contribution in [1.29, 1.82) is 0 Å². The van der Waals surface area contributed by atoms with Gasteiger partial charge in [-0.2, -0.15) is 0 Å². The maximum absolute atomic E-state index is 12.7. The van der Waals surface area contributed by atoms with Gasteiger partial charge < -0.3 is 9.47 Å². The van der Waals surface area contributed by atoms with Crippen LogP contribution in [0.1, 0.15) is 24.5 Å². The maximum atomic E-state index is 12.7. The lowest BCUT2D eigenvalue weighted by Gasteiger charge is -2.21. The van der Waals surface area contributed by atoms with Crippen LogP contribution in [-0.2, 0) is 32.3 Å². The zero-order chi connectivity index (χ0) is 19.3. The van der Waals surface area contributed by atoms with Crippen LogP contribution in [0.2, 0.25) is 0 Å². The summed E-state index contributed by atoms with van der Waals surface area (Å²) in [5.41, 5.74) is 0.280. The Kier molecular flexibility index (Phi) is 5.54. The molecule has 0 radical (unpaired) electrons. The van der Waals surface area contributed by atoms with Gasteiger partial charge in [-0.25, -0.2) is 9.69 Å². The second-order valence-electron chi connectivity index (χ2n) is 6.64. The number of amides is 2. The molecule has 1 fully saturated rings. The summed E-state index contributed by atoms with van der Waals surface area (Å²) < 4.78 is 10.5. The molecular formula is C21H21NO5. The highest BCUT2D eigenvalue weighted by atomic mass is 16.6. The summed E-state index contributed by atoms with van der Waals surface area (Å²) in [5, 5.41) is 0. The van der Waals surface area contributed by atoms with Gasteiger partial charge in [-0.3, -0.25) is 9.59 Å². The van der Waals surface area contributed by atoms with Gasteiger partial charge in [-0.1, -0.05) is 60.7 Å². The van der Waals surface area contributed by atoms with Crippen LogP contribution in [0.4, 0.5) is 4.79 Å². The zero-order valence-electron chi connectivity index (χ0n) is 15.1. The second-order valence-corrected chi connectivity index (χ2v) is 6.64. The molecule has 27 heavy (non-hydrogen) atoms. The Balaban J connectivity index is 1.57. The van der Waals surface area contributed by atoms with Gasteiger partial charge in [0.25, 0.3) is 0 Å². The molecule has 140 valence electrons. The van der Waals surface area contributed by atoms with Gasteiger partial charge in [-0.15, -0.1) is 0 Å². The Labute approximate surface area is 157 Å². The molecule has 0 spiro atoms. The van der Waals surface area contributed by atoms with Crippen molar-refractivity contribution in [2.24, 2.45) is 5.41 Å². The SMILES string of the molecule is CC1(C(=O)OCc2ccccc2)CCN(C(=O)OCc2ccccc2)C1=O. The number of imide groups is 1. The molecule has 0 bridgehead atoms. The van der Waals surface area contributed by atoms with Crippen molar-refractivity contribution in [3.8, 4) is 0 Å². The number of hydrogen-bond donors (Lipinski definition) is 0. The number of benzene rings is 2. The van der Waals surface area contributed by atoms with Crippen molar-refractivity contribution in [2.75, 3.05) is 6.54 Å². The van der Waals surface area contributed by atoms with E-state index in [4.69, 9.17) is 9.47 Å². The third-order valence-corrected chi connectivity index (χ3v) is 4.64. The highest BCUT2D eigenvalue weighted by Gasteiger charge is 2.52. The van der Waals surface area contributed by atoms with E-state index in [0.717, 1.165) is 16.0 Å². The summed E-state index contributed by atoms with van der Waals surface area (Å²) in [6.07, 6.45) is -0.539. The molecule has 3 rings (SSSR count). The molecule has 1 aliphatic heterocycles. The minimum absolute atomic E-state index is 0.0681. The van der Waals surface area contributed by atoms with E-state index in [1.807, 2.05) is 60.7 Å². The van der Waals surface area contributed by atoms with E-state index >= 15 is 0 Å². The fourth-order valence-corrected chi connectivity index (χ4v) is 2.88. The number of esters is 1. The number of nitrogens with zero attached hydrogens (tertiary/aromatic N) is 1. The van der Waals surface area contributed by atoms with Gasteiger partial charge >= 0.3 is 12.1 Å². The van der Waals surface area contributed by atoms with Gasteiger partial charge in [0.15, 0.2) is 0 Å². The van der Waals surface area contributed by atoms with E-state index in [9.17, 15) is 14.4 Å². The number of ether oxygens (including phenoxy) is 2. The van der Waals surface area contributed by atoms with Gasteiger partial charge in [0.2, 0.25) is 5.91 Å². The first-order chi connectivity index (χ1) is 13.0. The standard InChI is InChI=1S/C21H21NO5/c1-21(19(24)26-14-16-8-4-2-5-9-16)12-13-22(18(21)23)20(25)27-15-17-10-6-3-7-11-17/h2-11H,12-15H2,1H3. The molecule has 2 amide bonds. The van der Waals surface area contributed by atoms with Crippen LogP contribution in [0, 0.1) is 5.41 Å². The summed E-state index contributed by atoms with van der Waals surface area (Å²) in [5.74, 6) is -1.21. The monoisotopic (exact) mass is 367 g/mol. The first-order valence-corrected chi connectivity index (χ1v) is 8.74. The Morgan fingerprint density at radius 2 is 1.44 bits per heavy atom. The molecule has 6 nitrogen and oxygen atoms in total. The smallest absolute Gasteiger partial charge is 0.416 e. The lowest BCUT2D eigenvalue weighted by molar-refractivity contribution is -0.160. The third kappa shape index (κ3) is 4.16. The minimum atomic E-state index is -1.37. The van der Waals surface area contributed by atoms with Crippen molar-refractivity contribution in [2.45, 2.75) is 26.6 Å². The zero-order valence-corrected chi connectivity index (χ0v) is 15.1. The molecule has 1 atom stereocenters. The lowest BCUT2D eigenvalue weighted by atomic mass is 9.89. The molecule has 1 heterocycles. The molecule has 2 aromatic carbocycles. The average molecular weight is 367 g/mol. The van der Waals surface area contributed by atoms with Gasteiger partial charge in [-0.05, 0) is 24.5 Å². The quantitative estimate of drug-likeness (QED) is 0.599. The van der Waals surface area contributed by atoms with Crippen LogP contribution in [-0.4, -0.2) is 29.4 Å². The highest BCUT2D eigenvalue weighted by molar-refractivity contribution is 6.08. The Morgan fingerprint density at radius 3 is 2.00 bits per heavy atom. The van der Waals surface area contributed by atoms with Gasteiger partial charge in [0.1, 0.15) is 18.6 Å². The molecule has 2 aromatic rings. The number of likely N-dealkylation sites (tertiary alicyclic amines) is 1. The summed E-state index contributed by atoms with van der Waals surface area (Å²) in [6.45, 7) is 1.79. The minimum Gasteiger partial charge on any atom is -0.460 e. The van der Waals surface area contributed by atoms with E-state index in [1.165, 1.54) is 6.92 Å². The topological polar surface area (TPSA) is 72.9 Å². The average Bonchev–Trinajstić information content (AvgIpc) is 3.02. The summed E-state index contributed by atoms with van der Waals surface area (Å²) in [6, 6.07) is 18.4. The van der Waals surface area contributed by atoms with Gasteiger partial charge in [0.05, 0.1) is 0 Å². The molecule has 1 saturated heterocycles. The molecule has 1 aliphatic rings. The van der Waals surface area contributed by atoms with E-state index < -0.39 is 23.4 Å². The first-order valence-electron chi connectivity index (χ1n) is 8.74. The Morgan fingerprint density at radius 1 is 0.926 bits per heavy atom. The Hall–Kier alpha value is -3.15. The summed E-state index contributed by atoms with van der Waals surface area (Å²) >= 11 is 0. The normalized spacial score (nSPS) is 19.0. The number of carbonyl (C=O) groups excluding carboxylic acids is 3. The first kappa shape index (κ1) is 18.6. The van der Waals surface area contributed by atoms with Gasteiger partial charge in [0, 0.05) is 6.54 Å². The third-order valence-electron chi connectivity index (χ3n) is 4.64. The molecular weight excluding hydrogens is 346 g/mol. The number of rotatable bonds is 5. The van der Waals surface area contributed by atoms with Crippen molar-refractivity contribution < 1.29 is 23.9 Å². The number of carbonyl (C=O) groups is 3. The largest absolute Gasteiger partial charge is 0.460 e. The molecule has 0 saturated carbocycles. The van der Waals surface area contributed by atoms with Crippen LogP contribution >= 0.6 is 0 Å². The predicted molar refractivity (Wildman–Crippen MR) is 97.3 cm³/mol. The maximum Gasteiger partial charge on any atom is 0.416 e. The van der Waals surface area contributed by atoms with Crippen LogP contribution in [0.5, 0.6) is 0 Å². The van der Waals surface area contributed by atoms with Crippen molar-refractivity contribution in [1.82, 2.24) is 4.90 Å². The highest BCUT2D eigenvalue weighted by Crippen LogP contribution is 2.33. The van der Waals surface area contributed by atoms with Crippen LogP contribution < -0.4 is 0 Å². The van der Waals surface area contributed by atoms with Crippen molar-refractivity contribution in [3.63, 3.8) is 0 Å². The predicted octanol–water partition coefficient (Wildman–Crippen LogP) is 3.31. The fraction of sp³-hybridized carbons (Fsp3) is 0.286. The lowest BCUT2D eigenvalue weighted by Crippen LogP contribution is -2.41. The van der Waals surface area contributed by atoms with E-state index in [-0.39, 0.29) is 26.2 Å². The fourth-order valence-electron chi connectivity index (χ4n) is 2.88. The van der Waals surface area contributed by atoms with Crippen LogP contribution in [0.3, 0.4) is 0 Å². The Bertz CT molecular complexity index is 821. The number of hydrogen-bond acceptors (Lipinski definition) is 5. The molecule has 0 aromatic heterocycles. The van der Waals surface area contributed by atoms with E-state index in [1.54, 1.807) is 0 Å². The molecule has 0 aliphatic carbocycles. The summed E-state index contributed by atoms with van der Waals surface area (Å²) in [4.78, 5) is 38.4. The van der Waals surface area contributed by atoms with Crippen LogP contribution in [0.25, 0.3) is 0 Å². The van der Waals surface area contributed by atoms with Crippen molar-refractivity contribution >= 4 is 18.0 Å². The van der Waals surface area contributed by atoms with E-state index in [0.29, 0.717) is 0 Å². The van der Waals surface area contributed by atoms with E-state index in [2.05, 4.69) is 0 Å². The van der Waals surface area contributed by atoms with Crippen LogP contribution in [0.15, 0.2) is 60.7 Å². The molecule has 1 unspecified atom stereocenters. The molecule has 0 N–H and O–H groups in total. The van der Waals surface area contributed by atoms with Crippen molar-refractivity contribution in [3.05, 3.63) is 71.8 Å².